The number of benzene rings is 3. The fraction of sp³-hybridized carbons (Fsp3) is 0.130. The topological polar surface area (TPSA) is 69.2 Å². The standard InChI is InChI=1S/C23H21IN2O4/c1-28-21-13-18(9-10-19(21)24)23(27)26-25-14-17-8-11-20(22(12-17)29-2)30-15-16-6-4-3-5-7-16/h3-14H,15H2,1-2H3,(H,26,27)/b25-14-. The quantitative estimate of drug-likeness (QED) is 0.269. The van der Waals surface area contributed by atoms with Crippen molar-refractivity contribution in [3.8, 4) is 17.2 Å². The SMILES string of the molecule is COc1cc(C(=O)N/N=C\c2ccc(OCc3ccccc3)c(OC)c2)ccc1I. The Morgan fingerprint density at radius 3 is 2.47 bits per heavy atom. The minimum absolute atomic E-state index is 0.323. The zero-order chi connectivity index (χ0) is 21.3. The zero-order valence-corrected chi connectivity index (χ0v) is 18.8. The van der Waals surface area contributed by atoms with Gasteiger partial charge in [-0.05, 0) is 70.1 Å². The molecule has 0 aliphatic heterocycles. The molecule has 0 atom stereocenters. The van der Waals surface area contributed by atoms with Gasteiger partial charge >= 0.3 is 0 Å². The van der Waals surface area contributed by atoms with Crippen LogP contribution in [0.2, 0.25) is 0 Å². The summed E-state index contributed by atoms with van der Waals surface area (Å²) in [6.07, 6.45) is 1.55. The van der Waals surface area contributed by atoms with Crippen LogP contribution in [0.25, 0.3) is 0 Å². The van der Waals surface area contributed by atoms with Crippen LogP contribution in [0.5, 0.6) is 17.2 Å². The molecular weight excluding hydrogens is 495 g/mol. The number of nitrogens with zero attached hydrogens (tertiary/aromatic N) is 1. The molecule has 0 aliphatic rings. The van der Waals surface area contributed by atoms with E-state index < -0.39 is 0 Å². The van der Waals surface area contributed by atoms with E-state index in [9.17, 15) is 4.79 Å². The van der Waals surface area contributed by atoms with E-state index in [0.29, 0.717) is 29.4 Å². The number of carbonyl (C=O) groups is 1. The summed E-state index contributed by atoms with van der Waals surface area (Å²) in [5.41, 5.74) is 4.81. The van der Waals surface area contributed by atoms with Crippen molar-refractivity contribution in [2.75, 3.05) is 14.2 Å². The molecule has 0 fully saturated rings. The van der Waals surface area contributed by atoms with Crippen LogP contribution >= 0.6 is 22.6 Å². The largest absolute Gasteiger partial charge is 0.496 e. The Bertz CT molecular complexity index is 1040. The highest BCUT2D eigenvalue weighted by molar-refractivity contribution is 14.1. The lowest BCUT2D eigenvalue weighted by molar-refractivity contribution is 0.0954. The second-order valence-electron chi connectivity index (χ2n) is 6.23. The zero-order valence-electron chi connectivity index (χ0n) is 16.6. The molecule has 1 amide bonds. The number of methoxy groups -OCH3 is 2. The van der Waals surface area contributed by atoms with Gasteiger partial charge in [-0.15, -0.1) is 0 Å². The first-order valence-electron chi connectivity index (χ1n) is 9.12. The van der Waals surface area contributed by atoms with E-state index in [1.807, 2.05) is 48.5 Å². The maximum atomic E-state index is 12.3. The Kier molecular flexibility index (Phi) is 7.67. The van der Waals surface area contributed by atoms with Gasteiger partial charge in [-0.1, -0.05) is 30.3 Å². The van der Waals surface area contributed by atoms with Gasteiger partial charge in [0.05, 0.1) is 24.0 Å². The first kappa shape index (κ1) is 21.6. The summed E-state index contributed by atoms with van der Waals surface area (Å²) in [6, 6.07) is 20.6. The predicted molar refractivity (Wildman–Crippen MR) is 125 cm³/mol. The Morgan fingerprint density at radius 1 is 0.967 bits per heavy atom. The first-order valence-corrected chi connectivity index (χ1v) is 10.2. The monoisotopic (exact) mass is 516 g/mol. The summed E-state index contributed by atoms with van der Waals surface area (Å²) in [5, 5.41) is 4.03. The van der Waals surface area contributed by atoms with Gasteiger partial charge in [0, 0.05) is 5.56 Å². The van der Waals surface area contributed by atoms with Crippen LogP contribution in [0, 0.1) is 3.57 Å². The van der Waals surface area contributed by atoms with Crippen molar-refractivity contribution in [1.82, 2.24) is 5.43 Å². The number of ether oxygens (including phenoxy) is 3. The minimum Gasteiger partial charge on any atom is -0.496 e. The second-order valence-corrected chi connectivity index (χ2v) is 7.40. The molecule has 0 saturated heterocycles. The van der Waals surface area contributed by atoms with E-state index >= 15 is 0 Å². The van der Waals surface area contributed by atoms with Gasteiger partial charge < -0.3 is 14.2 Å². The number of halogens is 1. The van der Waals surface area contributed by atoms with Gasteiger partial charge in [0.2, 0.25) is 0 Å². The van der Waals surface area contributed by atoms with Crippen LogP contribution in [-0.4, -0.2) is 26.3 Å². The average molecular weight is 516 g/mol. The Hall–Kier alpha value is -3.07. The van der Waals surface area contributed by atoms with Crippen LogP contribution in [0.1, 0.15) is 21.5 Å². The smallest absolute Gasteiger partial charge is 0.271 e. The molecule has 0 aliphatic carbocycles. The van der Waals surface area contributed by atoms with Gasteiger partial charge in [0.15, 0.2) is 11.5 Å². The number of hydrogen-bond acceptors (Lipinski definition) is 5. The Morgan fingerprint density at radius 2 is 1.73 bits per heavy atom. The number of hydrogen-bond donors (Lipinski definition) is 1. The third-order valence-electron chi connectivity index (χ3n) is 4.22. The number of carbonyl (C=O) groups excluding carboxylic acids is 1. The van der Waals surface area contributed by atoms with Crippen LogP contribution in [0.3, 0.4) is 0 Å². The fourth-order valence-corrected chi connectivity index (χ4v) is 3.21. The molecule has 0 unspecified atom stereocenters. The van der Waals surface area contributed by atoms with E-state index in [1.54, 1.807) is 38.6 Å². The number of rotatable bonds is 8. The highest BCUT2D eigenvalue weighted by Gasteiger charge is 2.09. The normalized spacial score (nSPS) is 10.6. The lowest BCUT2D eigenvalue weighted by Gasteiger charge is -2.11. The lowest BCUT2D eigenvalue weighted by Crippen LogP contribution is -2.17. The second kappa shape index (κ2) is 10.6. The van der Waals surface area contributed by atoms with Gasteiger partial charge in [-0.2, -0.15) is 5.10 Å². The minimum atomic E-state index is -0.323. The molecule has 0 spiro atoms. The summed E-state index contributed by atoms with van der Waals surface area (Å²) in [5.74, 6) is 1.54. The molecule has 0 heterocycles. The molecule has 0 bridgehead atoms. The molecule has 30 heavy (non-hydrogen) atoms. The average Bonchev–Trinajstić information content (AvgIpc) is 2.79. The van der Waals surface area contributed by atoms with E-state index in [0.717, 1.165) is 14.7 Å². The first-order chi connectivity index (χ1) is 14.6. The van der Waals surface area contributed by atoms with Crippen molar-refractivity contribution in [3.63, 3.8) is 0 Å². The van der Waals surface area contributed by atoms with Crippen molar-refractivity contribution in [3.05, 3.63) is 87.0 Å². The number of hydrazone groups is 1. The summed E-state index contributed by atoms with van der Waals surface area (Å²) in [7, 11) is 3.15. The van der Waals surface area contributed by atoms with E-state index in [4.69, 9.17) is 14.2 Å². The third-order valence-corrected chi connectivity index (χ3v) is 5.11. The number of nitrogens with one attached hydrogen (secondary N) is 1. The van der Waals surface area contributed by atoms with Gasteiger partial charge in [-0.3, -0.25) is 4.79 Å². The van der Waals surface area contributed by atoms with E-state index in [2.05, 4.69) is 33.1 Å². The molecule has 154 valence electrons. The highest BCUT2D eigenvalue weighted by Crippen LogP contribution is 2.28. The molecule has 3 aromatic carbocycles. The molecule has 1 N–H and O–H groups in total. The van der Waals surface area contributed by atoms with Crippen LogP contribution in [-0.2, 0) is 6.61 Å². The Labute approximate surface area is 189 Å². The molecule has 0 saturated carbocycles. The van der Waals surface area contributed by atoms with E-state index in [-0.39, 0.29) is 5.91 Å². The third kappa shape index (κ3) is 5.73. The molecule has 7 heteroatoms. The molecule has 0 aromatic heterocycles. The highest BCUT2D eigenvalue weighted by atomic mass is 127. The Balaban J connectivity index is 1.63. The van der Waals surface area contributed by atoms with Crippen molar-refractivity contribution >= 4 is 34.7 Å². The maximum Gasteiger partial charge on any atom is 0.271 e. The molecule has 3 aromatic rings. The molecule has 3 rings (SSSR count). The maximum absolute atomic E-state index is 12.3. The van der Waals surface area contributed by atoms with Crippen LogP contribution < -0.4 is 19.6 Å². The molecule has 6 nitrogen and oxygen atoms in total. The fourth-order valence-electron chi connectivity index (χ4n) is 2.65. The lowest BCUT2D eigenvalue weighted by atomic mass is 10.2. The summed E-state index contributed by atoms with van der Waals surface area (Å²) in [6.45, 7) is 0.445. The van der Waals surface area contributed by atoms with Gasteiger partial charge in [0.25, 0.3) is 5.91 Å². The predicted octanol–water partition coefficient (Wildman–Crippen LogP) is 4.65. The van der Waals surface area contributed by atoms with Crippen molar-refractivity contribution in [2.24, 2.45) is 5.10 Å². The van der Waals surface area contributed by atoms with Crippen LogP contribution in [0.4, 0.5) is 0 Å². The van der Waals surface area contributed by atoms with Crippen molar-refractivity contribution < 1.29 is 19.0 Å². The summed E-state index contributed by atoms with van der Waals surface area (Å²) >= 11 is 2.15. The van der Waals surface area contributed by atoms with Crippen molar-refractivity contribution in [1.29, 1.82) is 0 Å². The van der Waals surface area contributed by atoms with Crippen molar-refractivity contribution in [2.45, 2.75) is 6.61 Å². The number of amides is 1. The summed E-state index contributed by atoms with van der Waals surface area (Å²) in [4.78, 5) is 12.3. The van der Waals surface area contributed by atoms with Gasteiger partial charge in [-0.25, -0.2) is 5.43 Å². The van der Waals surface area contributed by atoms with Crippen LogP contribution in [0.15, 0.2) is 71.8 Å². The summed E-state index contributed by atoms with van der Waals surface area (Å²) < 4.78 is 17.4. The molecular formula is C23H21IN2O4. The van der Waals surface area contributed by atoms with E-state index in [1.165, 1.54) is 0 Å². The van der Waals surface area contributed by atoms with Gasteiger partial charge in [0.1, 0.15) is 12.4 Å². The molecule has 0 radical (unpaired) electrons.